The molecule has 15 heavy (non-hydrogen) atoms. The summed E-state index contributed by atoms with van der Waals surface area (Å²) in [6.07, 6.45) is 0.807. The highest BCUT2D eigenvalue weighted by Gasteiger charge is 2.17. The fraction of sp³-hybridized carbons (Fsp3) is 0.500. The van der Waals surface area contributed by atoms with Gasteiger partial charge in [-0.05, 0) is 50.5 Å². The van der Waals surface area contributed by atoms with E-state index in [4.69, 9.17) is 10.5 Å². The minimum Gasteiger partial charge on any atom is -0.496 e. The van der Waals surface area contributed by atoms with Crippen LogP contribution in [-0.4, -0.2) is 12.6 Å². The quantitative estimate of drug-likeness (QED) is 0.917. The van der Waals surface area contributed by atoms with Gasteiger partial charge in [-0.15, -0.1) is 0 Å². The zero-order valence-electron chi connectivity index (χ0n) is 9.73. The van der Waals surface area contributed by atoms with Crippen LogP contribution < -0.4 is 10.5 Å². The Morgan fingerprint density at radius 2 is 2.00 bits per heavy atom. The topological polar surface area (TPSA) is 35.2 Å². The number of hydrogen-bond acceptors (Lipinski definition) is 2. The van der Waals surface area contributed by atoms with Crippen LogP contribution in [0.1, 0.15) is 25.0 Å². The summed E-state index contributed by atoms with van der Waals surface area (Å²) in [6, 6.07) is 3.97. The average Bonchev–Trinajstić information content (AvgIpc) is 2.11. The molecule has 0 radical (unpaired) electrons. The first-order valence-electron chi connectivity index (χ1n) is 4.96. The number of ether oxygens (including phenoxy) is 1. The maximum absolute atomic E-state index is 6.04. The first kappa shape index (κ1) is 12.5. The lowest BCUT2D eigenvalue weighted by Gasteiger charge is -2.22. The minimum atomic E-state index is -0.223. The van der Waals surface area contributed by atoms with E-state index < -0.39 is 0 Å². The summed E-state index contributed by atoms with van der Waals surface area (Å²) in [5, 5.41) is 0. The van der Waals surface area contributed by atoms with E-state index in [9.17, 15) is 0 Å². The molecule has 0 aromatic heterocycles. The molecule has 0 bridgehead atoms. The molecular formula is C12H18BrNO. The Morgan fingerprint density at radius 3 is 2.47 bits per heavy atom. The summed E-state index contributed by atoms with van der Waals surface area (Å²) in [7, 11) is 1.69. The van der Waals surface area contributed by atoms with Crippen molar-refractivity contribution in [1.29, 1.82) is 0 Å². The van der Waals surface area contributed by atoms with E-state index in [0.29, 0.717) is 0 Å². The number of benzene rings is 1. The zero-order valence-corrected chi connectivity index (χ0v) is 11.3. The summed E-state index contributed by atoms with van der Waals surface area (Å²) in [4.78, 5) is 0. The molecule has 1 aromatic rings. The molecule has 0 atom stereocenters. The van der Waals surface area contributed by atoms with Gasteiger partial charge < -0.3 is 10.5 Å². The lowest BCUT2D eigenvalue weighted by atomic mass is 9.93. The van der Waals surface area contributed by atoms with Crippen LogP contribution >= 0.6 is 15.9 Å². The van der Waals surface area contributed by atoms with E-state index >= 15 is 0 Å². The summed E-state index contributed by atoms with van der Waals surface area (Å²) in [6.45, 7) is 6.12. The van der Waals surface area contributed by atoms with Gasteiger partial charge >= 0.3 is 0 Å². The van der Waals surface area contributed by atoms with Crippen LogP contribution in [0.3, 0.4) is 0 Å². The lowest BCUT2D eigenvalue weighted by molar-refractivity contribution is 0.401. The molecule has 2 N–H and O–H groups in total. The molecule has 0 amide bonds. The first-order chi connectivity index (χ1) is 6.85. The predicted molar refractivity (Wildman–Crippen MR) is 67.4 cm³/mol. The molecule has 0 saturated heterocycles. The Labute approximate surface area is 99.9 Å². The molecule has 1 rings (SSSR count). The van der Waals surface area contributed by atoms with Crippen LogP contribution in [0.2, 0.25) is 0 Å². The third kappa shape index (κ3) is 3.21. The largest absolute Gasteiger partial charge is 0.496 e. The SMILES string of the molecule is COc1ccc(Br)c(C)c1CC(C)(C)N. The number of hydrogen-bond donors (Lipinski definition) is 1. The Kier molecular flexibility index (Phi) is 3.79. The minimum absolute atomic E-state index is 0.223. The number of methoxy groups -OCH3 is 1. The highest BCUT2D eigenvalue weighted by atomic mass is 79.9. The molecular weight excluding hydrogens is 254 g/mol. The van der Waals surface area contributed by atoms with Crippen molar-refractivity contribution >= 4 is 15.9 Å². The maximum Gasteiger partial charge on any atom is 0.122 e. The highest BCUT2D eigenvalue weighted by molar-refractivity contribution is 9.10. The van der Waals surface area contributed by atoms with Gasteiger partial charge in [-0.2, -0.15) is 0 Å². The van der Waals surface area contributed by atoms with E-state index in [-0.39, 0.29) is 5.54 Å². The molecule has 0 aliphatic heterocycles. The van der Waals surface area contributed by atoms with Gasteiger partial charge in [0.15, 0.2) is 0 Å². The average molecular weight is 272 g/mol. The van der Waals surface area contributed by atoms with Crippen molar-refractivity contribution in [1.82, 2.24) is 0 Å². The van der Waals surface area contributed by atoms with Crippen LogP contribution in [0.5, 0.6) is 5.75 Å². The first-order valence-corrected chi connectivity index (χ1v) is 5.75. The second kappa shape index (κ2) is 4.54. The van der Waals surface area contributed by atoms with Crippen LogP contribution in [0.4, 0.5) is 0 Å². The Balaban J connectivity index is 3.18. The van der Waals surface area contributed by atoms with Crippen molar-refractivity contribution in [2.45, 2.75) is 32.7 Å². The lowest BCUT2D eigenvalue weighted by Crippen LogP contribution is -2.34. The van der Waals surface area contributed by atoms with Gasteiger partial charge in [-0.1, -0.05) is 15.9 Å². The molecule has 0 fully saturated rings. The Hall–Kier alpha value is -0.540. The van der Waals surface area contributed by atoms with Crippen LogP contribution in [0, 0.1) is 6.92 Å². The molecule has 1 aromatic carbocycles. The second-order valence-corrected chi connectivity index (χ2v) is 5.37. The fourth-order valence-electron chi connectivity index (χ4n) is 1.57. The van der Waals surface area contributed by atoms with Gasteiger partial charge in [0.2, 0.25) is 0 Å². The van der Waals surface area contributed by atoms with Gasteiger partial charge in [0.25, 0.3) is 0 Å². The normalized spacial score (nSPS) is 11.6. The van der Waals surface area contributed by atoms with Crippen molar-refractivity contribution in [2.24, 2.45) is 5.73 Å². The third-order valence-corrected chi connectivity index (χ3v) is 3.20. The summed E-state index contributed by atoms with van der Waals surface area (Å²) < 4.78 is 6.45. The van der Waals surface area contributed by atoms with Crippen molar-refractivity contribution < 1.29 is 4.74 Å². The molecule has 84 valence electrons. The van der Waals surface area contributed by atoms with Gasteiger partial charge in [0.05, 0.1) is 7.11 Å². The molecule has 2 nitrogen and oxygen atoms in total. The third-order valence-electron chi connectivity index (χ3n) is 2.34. The Bertz CT molecular complexity index is 355. The van der Waals surface area contributed by atoms with Crippen LogP contribution in [0.25, 0.3) is 0 Å². The van der Waals surface area contributed by atoms with E-state index in [2.05, 4.69) is 22.9 Å². The standard InChI is InChI=1S/C12H18BrNO/c1-8-9(7-12(2,3)14)11(15-4)6-5-10(8)13/h5-6H,7,14H2,1-4H3. The maximum atomic E-state index is 6.04. The van der Waals surface area contributed by atoms with E-state index in [1.165, 1.54) is 11.1 Å². The smallest absolute Gasteiger partial charge is 0.122 e. The van der Waals surface area contributed by atoms with Crippen molar-refractivity contribution in [2.75, 3.05) is 7.11 Å². The van der Waals surface area contributed by atoms with E-state index in [1.807, 2.05) is 26.0 Å². The van der Waals surface area contributed by atoms with Gasteiger partial charge in [-0.25, -0.2) is 0 Å². The van der Waals surface area contributed by atoms with Crippen LogP contribution in [-0.2, 0) is 6.42 Å². The van der Waals surface area contributed by atoms with Crippen molar-refractivity contribution in [3.8, 4) is 5.75 Å². The molecule has 0 aliphatic carbocycles. The number of halogens is 1. The monoisotopic (exact) mass is 271 g/mol. The number of nitrogens with two attached hydrogens (primary N) is 1. The molecule has 0 unspecified atom stereocenters. The second-order valence-electron chi connectivity index (χ2n) is 4.52. The van der Waals surface area contributed by atoms with Crippen LogP contribution in [0.15, 0.2) is 16.6 Å². The van der Waals surface area contributed by atoms with E-state index in [0.717, 1.165) is 16.6 Å². The molecule has 0 spiro atoms. The van der Waals surface area contributed by atoms with E-state index in [1.54, 1.807) is 7.11 Å². The van der Waals surface area contributed by atoms with Gasteiger partial charge in [0.1, 0.15) is 5.75 Å². The fourth-order valence-corrected chi connectivity index (χ4v) is 1.94. The van der Waals surface area contributed by atoms with Crippen molar-refractivity contribution in [3.63, 3.8) is 0 Å². The molecule has 3 heteroatoms. The highest BCUT2D eigenvalue weighted by Crippen LogP contribution is 2.30. The molecule has 0 heterocycles. The molecule has 0 saturated carbocycles. The summed E-state index contributed by atoms with van der Waals surface area (Å²) >= 11 is 3.52. The summed E-state index contributed by atoms with van der Waals surface area (Å²) in [5.74, 6) is 0.911. The van der Waals surface area contributed by atoms with Crippen molar-refractivity contribution in [3.05, 3.63) is 27.7 Å². The van der Waals surface area contributed by atoms with Gasteiger partial charge in [-0.3, -0.25) is 0 Å². The zero-order chi connectivity index (χ0) is 11.6. The Morgan fingerprint density at radius 1 is 1.40 bits per heavy atom. The van der Waals surface area contributed by atoms with Gasteiger partial charge in [0, 0.05) is 10.0 Å². The predicted octanol–water partition coefficient (Wildman–Crippen LogP) is 3.05. The molecule has 0 aliphatic rings. The summed E-state index contributed by atoms with van der Waals surface area (Å²) in [5.41, 5.74) is 8.20. The number of rotatable bonds is 3.